The van der Waals surface area contributed by atoms with E-state index in [2.05, 4.69) is 0 Å². The van der Waals surface area contributed by atoms with Gasteiger partial charge in [0.15, 0.2) is 0 Å². The van der Waals surface area contributed by atoms with Gasteiger partial charge in [-0.3, -0.25) is 4.79 Å². The van der Waals surface area contributed by atoms with Gasteiger partial charge in [-0.25, -0.2) is 4.39 Å². The minimum atomic E-state index is -0.348. The fourth-order valence-electron chi connectivity index (χ4n) is 3.56. The van der Waals surface area contributed by atoms with Gasteiger partial charge in [0, 0.05) is 11.5 Å². The monoisotopic (exact) mass is 455 g/mol. The Hall–Kier alpha value is -2.66. The van der Waals surface area contributed by atoms with Crippen LogP contribution in [-0.4, -0.2) is 11.2 Å². The number of ether oxygens (including phenoxy) is 1. The number of nitrogens with zero attached hydrogens (tertiary/aromatic N) is 1. The zero-order valence-corrected chi connectivity index (χ0v) is 18.2. The van der Waals surface area contributed by atoms with Gasteiger partial charge in [0.1, 0.15) is 5.82 Å². The van der Waals surface area contributed by atoms with Crippen LogP contribution in [0.5, 0.6) is 0 Å². The van der Waals surface area contributed by atoms with E-state index in [1.54, 1.807) is 28.8 Å². The number of hydrogen-bond donors (Lipinski definition) is 0. The van der Waals surface area contributed by atoms with Crippen molar-refractivity contribution < 1.29 is 9.13 Å². The first-order valence-corrected chi connectivity index (χ1v) is 10.6. The lowest BCUT2D eigenvalue weighted by molar-refractivity contribution is 0.124. The number of hydrogen-bond acceptors (Lipinski definition) is 2. The summed E-state index contributed by atoms with van der Waals surface area (Å²) in [7, 11) is 0. The zero-order chi connectivity index (χ0) is 21.8. The first kappa shape index (κ1) is 21.6. The fraction of sp³-hybridized carbons (Fsp3) is 0.160. The van der Waals surface area contributed by atoms with E-state index in [0.29, 0.717) is 47.1 Å². The van der Waals surface area contributed by atoms with E-state index in [0.717, 1.165) is 16.7 Å². The summed E-state index contributed by atoms with van der Waals surface area (Å²) in [6.07, 6.45) is 0.510. The molecular formula is C25H20Cl2FNO2. The summed E-state index contributed by atoms with van der Waals surface area (Å²) in [6, 6.07) is 21.1. The minimum absolute atomic E-state index is 0.164. The normalized spacial score (nSPS) is 11.2. The molecule has 0 fully saturated rings. The van der Waals surface area contributed by atoms with E-state index in [-0.39, 0.29) is 11.4 Å². The van der Waals surface area contributed by atoms with Crippen LogP contribution in [0, 0.1) is 5.82 Å². The molecule has 6 heteroatoms. The summed E-state index contributed by atoms with van der Waals surface area (Å²) in [4.78, 5) is 12.9. The van der Waals surface area contributed by atoms with Gasteiger partial charge in [-0.05, 0) is 53.4 Å². The Kier molecular flexibility index (Phi) is 6.71. The second kappa shape index (κ2) is 9.65. The fourth-order valence-corrected chi connectivity index (χ4v) is 3.88. The van der Waals surface area contributed by atoms with Crippen LogP contribution in [0.4, 0.5) is 4.39 Å². The Labute approximate surface area is 189 Å². The Morgan fingerprint density at radius 3 is 2.45 bits per heavy atom. The largest absolute Gasteiger partial charge is 0.376 e. The molecule has 0 atom stereocenters. The zero-order valence-electron chi connectivity index (χ0n) is 16.7. The molecule has 0 amide bonds. The standard InChI is InChI=1S/C25H20Cl2FNO2/c26-22-8-6-18(12-23(22)27)15-29-24-9-7-20(28)14-21(24)19(13-25(29)30)10-11-31-16-17-4-2-1-3-5-17/h1-9,12-14H,10-11,15-16H2. The van der Waals surface area contributed by atoms with Crippen molar-refractivity contribution in [1.29, 1.82) is 0 Å². The minimum Gasteiger partial charge on any atom is -0.376 e. The van der Waals surface area contributed by atoms with E-state index in [1.807, 2.05) is 36.4 Å². The maximum Gasteiger partial charge on any atom is 0.251 e. The van der Waals surface area contributed by atoms with Crippen LogP contribution in [0.15, 0.2) is 77.6 Å². The van der Waals surface area contributed by atoms with Gasteiger partial charge in [0.2, 0.25) is 0 Å². The molecule has 0 saturated heterocycles. The highest BCUT2D eigenvalue weighted by molar-refractivity contribution is 6.42. The van der Waals surface area contributed by atoms with Crippen molar-refractivity contribution in [3.05, 3.63) is 116 Å². The number of benzene rings is 3. The van der Waals surface area contributed by atoms with Crippen LogP contribution in [0.25, 0.3) is 10.9 Å². The third-order valence-corrected chi connectivity index (χ3v) is 5.85. The maximum absolute atomic E-state index is 14.0. The summed E-state index contributed by atoms with van der Waals surface area (Å²) in [5.41, 5.74) is 3.18. The van der Waals surface area contributed by atoms with E-state index in [1.165, 1.54) is 12.1 Å². The van der Waals surface area contributed by atoms with Gasteiger partial charge < -0.3 is 9.30 Å². The SMILES string of the molecule is O=c1cc(CCOCc2ccccc2)c2cc(F)ccc2n1Cc1ccc(Cl)c(Cl)c1. The molecule has 4 rings (SSSR count). The summed E-state index contributed by atoms with van der Waals surface area (Å²) >= 11 is 12.1. The Morgan fingerprint density at radius 1 is 0.871 bits per heavy atom. The number of halogens is 3. The highest BCUT2D eigenvalue weighted by Crippen LogP contribution is 2.24. The third kappa shape index (κ3) is 5.16. The average Bonchev–Trinajstić information content (AvgIpc) is 2.77. The van der Waals surface area contributed by atoms with E-state index >= 15 is 0 Å². The Balaban J connectivity index is 1.60. The summed E-state index contributed by atoms with van der Waals surface area (Å²) in [5, 5.41) is 1.58. The smallest absolute Gasteiger partial charge is 0.251 e. The molecule has 0 saturated carbocycles. The van der Waals surface area contributed by atoms with Crippen LogP contribution in [-0.2, 0) is 24.3 Å². The lowest BCUT2D eigenvalue weighted by atomic mass is 10.1. The van der Waals surface area contributed by atoms with Crippen LogP contribution in [0.3, 0.4) is 0 Å². The molecule has 0 aliphatic carbocycles. The molecule has 158 valence electrons. The second-order valence-corrected chi connectivity index (χ2v) is 8.11. The number of rotatable bonds is 7. The molecule has 0 bridgehead atoms. The molecular weight excluding hydrogens is 436 g/mol. The molecule has 3 aromatic carbocycles. The molecule has 0 unspecified atom stereocenters. The van der Waals surface area contributed by atoms with Crippen molar-refractivity contribution in [1.82, 2.24) is 4.57 Å². The number of fused-ring (bicyclic) bond motifs is 1. The average molecular weight is 456 g/mol. The summed E-state index contributed by atoms with van der Waals surface area (Å²) < 4.78 is 21.4. The van der Waals surface area contributed by atoms with Crippen LogP contribution in [0.2, 0.25) is 10.0 Å². The van der Waals surface area contributed by atoms with Gasteiger partial charge in [0.25, 0.3) is 5.56 Å². The molecule has 1 aromatic heterocycles. The Bertz CT molecular complexity index is 1270. The van der Waals surface area contributed by atoms with E-state index < -0.39 is 0 Å². The maximum atomic E-state index is 14.0. The summed E-state index contributed by atoms with van der Waals surface area (Å²) in [6.45, 7) is 1.22. The van der Waals surface area contributed by atoms with Crippen molar-refractivity contribution >= 4 is 34.1 Å². The van der Waals surface area contributed by atoms with Crippen molar-refractivity contribution in [3.8, 4) is 0 Å². The van der Waals surface area contributed by atoms with Crippen LogP contribution < -0.4 is 5.56 Å². The molecule has 0 aliphatic heterocycles. The first-order chi connectivity index (χ1) is 15.0. The van der Waals surface area contributed by atoms with Gasteiger partial charge in [-0.15, -0.1) is 0 Å². The van der Waals surface area contributed by atoms with Crippen molar-refractivity contribution in [2.24, 2.45) is 0 Å². The van der Waals surface area contributed by atoms with E-state index in [4.69, 9.17) is 27.9 Å². The predicted octanol–water partition coefficient (Wildman–Crippen LogP) is 6.26. The predicted molar refractivity (Wildman–Crippen MR) is 124 cm³/mol. The molecule has 0 spiro atoms. The van der Waals surface area contributed by atoms with Gasteiger partial charge >= 0.3 is 0 Å². The van der Waals surface area contributed by atoms with Crippen molar-refractivity contribution in [2.75, 3.05) is 6.61 Å². The van der Waals surface area contributed by atoms with Crippen molar-refractivity contribution in [2.45, 2.75) is 19.6 Å². The lowest BCUT2D eigenvalue weighted by Crippen LogP contribution is -2.22. The molecule has 0 aliphatic rings. The molecule has 1 heterocycles. The van der Waals surface area contributed by atoms with Crippen molar-refractivity contribution in [3.63, 3.8) is 0 Å². The van der Waals surface area contributed by atoms with Crippen LogP contribution in [0.1, 0.15) is 16.7 Å². The molecule has 3 nitrogen and oxygen atoms in total. The highest BCUT2D eigenvalue weighted by atomic mass is 35.5. The number of aromatic nitrogens is 1. The lowest BCUT2D eigenvalue weighted by Gasteiger charge is -2.14. The molecule has 4 aromatic rings. The van der Waals surface area contributed by atoms with Gasteiger partial charge in [0.05, 0.1) is 35.3 Å². The highest BCUT2D eigenvalue weighted by Gasteiger charge is 2.11. The Morgan fingerprint density at radius 2 is 1.68 bits per heavy atom. The topological polar surface area (TPSA) is 31.2 Å². The first-order valence-electron chi connectivity index (χ1n) is 9.89. The quantitative estimate of drug-likeness (QED) is 0.308. The number of pyridine rings is 1. The van der Waals surface area contributed by atoms with Gasteiger partial charge in [-0.2, -0.15) is 0 Å². The van der Waals surface area contributed by atoms with E-state index in [9.17, 15) is 9.18 Å². The summed E-state index contributed by atoms with van der Waals surface area (Å²) in [5.74, 6) is -0.348. The van der Waals surface area contributed by atoms with Gasteiger partial charge in [-0.1, -0.05) is 59.6 Å². The third-order valence-electron chi connectivity index (χ3n) is 5.11. The molecule has 31 heavy (non-hydrogen) atoms. The second-order valence-electron chi connectivity index (χ2n) is 7.29. The van der Waals surface area contributed by atoms with Crippen LogP contribution >= 0.6 is 23.2 Å². The molecule has 0 N–H and O–H groups in total. The molecule has 0 radical (unpaired) electrons.